The van der Waals surface area contributed by atoms with Crippen LogP contribution in [-0.4, -0.2) is 43.8 Å². The molecule has 1 atom stereocenters. The van der Waals surface area contributed by atoms with E-state index in [9.17, 15) is 18.0 Å². The van der Waals surface area contributed by atoms with Gasteiger partial charge in [-0.15, -0.1) is 0 Å². The lowest BCUT2D eigenvalue weighted by Gasteiger charge is -2.32. The Hall–Kier alpha value is -3.07. The van der Waals surface area contributed by atoms with E-state index in [1.54, 1.807) is 19.1 Å². The highest BCUT2D eigenvalue weighted by Crippen LogP contribution is 2.30. The zero-order chi connectivity index (χ0) is 29.7. The molecule has 218 valence electrons. The lowest BCUT2D eigenvalue weighted by atomic mass is 10.1. The van der Waals surface area contributed by atoms with Gasteiger partial charge in [-0.2, -0.15) is 0 Å². The second-order valence-electron chi connectivity index (χ2n) is 10.6. The molecule has 1 N–H and O–H groups in total. The Morgan fingerprint density at radius 1 is 0.902 bits per heavy atom. The predicted octanol–water partition coefficient (Wildman–Crippen LogP) is 6.28. The molecule has 0 aromatic heterocycles. The minimum absolute atomic E-state index is 0.0177. The highest BCUT2D eigenvalue weighted by Gasteiger charge is 2.33. The van der Waals surface area contributed by atoms with Gasteiger partial charge in [-0.25, -0.2) is 8.42 Å². The highest BCUT2D eigenvalue weighted by molar-refractivity contribution is 7.92. The summed E-state index contributed by atoms with van der Waals surface area (Å²) >= 11 is 12.5. The molecule has 2 amide bonds. The Morgan fingerprint density at radius 2 is 1.44 bits per heavy atom. The number of anilines is 1. The second kappa shape index (κ2) is 13.3. The number of carbonyl (C=O) groups is 2. The zero-order valence-electron chi connectivity index (χ0n) is 23.4. The van der Waals surface area contributed by atoms with Gasteiger partial charge in [0.15, 0.2) is 0 Å². The molecule has 1 aliphatic carbocycles. The number of carbonyl (C=O) groups excluding carboxylic acids is 2. The summed E-state index contributed by atoms with van der Waals surface area (Å²) in [5.74, 6) is -0.803. The van der Waals surface area contributed by atoms with Crippen molar-refractivity contribution in [3.63, 3.8) is 0 Å². The first-order chi connectivity index (χ1) is 19.4. The normalized spacial score (nSPS) is 14.5. The summed E-state index contributed by atoms with van der Waals surface area (Å²) in [4.78, 5) is 28.8. The first kappa shape index (κ1) is 30.9. The number of nitrogens with one attached hydrogen (secondary N) is 1. The van der Waals surface area contributed by atoms with Gasteiger partial charge in [0.25, 0.3) is 10.0 Å². The Balaban J connectivity index is 1.70. The Bertz CT molecular complexity index is 1470. The largest absolute Gasteiger partial charge is 0.352 e. The quantitative estimate of drug-likeness (QED) is 0.291. The number of hydrogen-bond acceptors (Lipinski definition) is 4. The molecular weight excluding hydrogens is 581 g/mol. The van der Waals surface area contributed by atoms with Crippen LogP contribution in [0.25, 0.3) is 0 Å². The molecule has 0 bridgehead atoms. The third-order valence-corrected chi connectivity index (χ3v) is 9.59. The van der Waals surface area contributed by atoms with Gasteiger partial charge in [0.1, 0.15) is 12.6 Å². The smallest absolute Gasteiger partial charge is 0.264 e. The van der Waals surface area contributed by atoms with Gasteiger partial charge >= 0.3 is 0 Å². The molecule has 1 aliphatic rings. The maximum atomic E-state index is 14.1. The minimum Gasteiger partial charge on any atom is -0.352 e. The molecule has 0 radical (unpaired) electrons. The zero-order valence-corrected chi connectivity index (χ0v) is 25.8. The van der Waals surface area contributed by atoms with Gasteiger partial charge in [-0.1, -0.05) is 83.6 Å². The topological polar surface area (TPSA) is 86.8 Å². The monoisotopic (exact) mass is 615 g/mol. The summed E-state index contributed by atoms with van der Waals surface area (Å²) in [5, 5.41) is 3.52. The van der Waals surface area contributed by atoms with Gasteiger partial charge < -0.3 is 10.2 Å². The Labute approximate surface area is 252 Å². The third-order valence-electron chi connectivity index (χ3n) is 7.37. The van der Waals surface area contributed by atoms with Crippen LogP contribution in [0.4, 0.5) is 5.69 Å². The van der Waals surface area contributed by atoms with Crippen LogP contribution in [0.3, 0.4) is 0 Å². The van der Waals surface area contributed by atoms with E-state index in [4.69, 9.17) is 23.2 Å². The summed E-state index contributed by atoms with van der Waals surface area (Å²) in [6.07, 6.45) is 3.92. The van der Waals surface area contributed by atoms with Crippen LogP contribution < -0.4 is 9.62 Å². The number of sulfonamides is 1. The molecule has 10 heteroatoms. The van der Waals surface area contributed by atoms with E-state index in [1.165, 1.54) is 35.2 Å². The van der Waals surface area contributed by atoms with Crippen molar-refractivity contribution < 1.29 is 18.0 Å². The van der Waals surface area contributed by atoms with E-state index >= 15 is 0 Å². The number of nitrogens with zero attached hydrogens (tertiary/aromatic N) is 2. The van der Waals surface area contributed by atoms with Crippen LogP contribution in [0, 0.1) is 13.8 Å². The molecule has 3 aromatic carbocycles. The molecule has 41 heavy (non-hydrogen) atoms. The van der Waals surface area contributed by atoms with Crippen molar-refractivity contribution in [2.75, 3.05) is 10.8 Å². The van der Waals surface area contributed by atoms with Crippen LogP contribution >= 0.6 is 23.2 Å². The fourth-order valence-electron chi connectivity index (χ4n) is 4.91. The van der Waals surface area contributed by atoms with Crippen molar-refractivity contribution in [2.45, 2.75) is 70.0 Å². The molecular formula is C31H35Cl2N3O4S. The SMILES string of the molecule is Cc1ccc(CN(C(=O)CN(c2cc(Cl)cc(Cl)c2)S(=O)(=O)c2ccc(C)cc2)[C@H](C)C(=O)NC2CCCC2)cc1. The molecule has 0 spiro atoms. The molecule has 1 saturated carbocycles. The molecule has 7 nitrogen and oxygen atoms in total. The summed E-state index contributed by atoms with van der Waals surface area (Å²) in [6, 6.07) is 17.7. The van der Waals surface area contributed by atoms with Crippen molar-refractivity contribution in [1.82, 2.24) is 10.2 Å². The van der Waals surface area contributed by atoms with Crippen LogP contribution in [0.15, 0.2) is 71.6 Å². The minimum atomic E-state index is -4.21. The maximum Gasteiger partial charge on any atom is 0.264 e. The molecule has 1 fully saturated rings. The average Bonchev–Trinajstić information content (AvgIpc) is 3.43. The summed E-state index contributed by atoms with van der Waals surface area (Å²) in [5.41, 5.74) is 2.92. The van der Waals surface area contributed by atoms with Crippen LogP contribution in [0.2, 0.25) is 10.0 Å². The standard InChI is InChI=1S/C31H35Cl2N3O4S/c1-21-8-12-24(13-9-21)19-35(23(3)31(38)34-27-6-4-5-7-27)30(37)20-36(28-17-25(32)16-26(33)18-28)41(39,40)29-14-10-22(2)11-15-29/h8-18,23,27H,4-7,19-20H2,1-3H3,(H,34,38)/t23-/m1/s1. The summed E-state index contributed by atoms with van der Waals surface area (Å²) in [6.45, 7) is 5.07. The van der Waals surface area contributed by atoms with E-state index in [1.807, 2.05) is 38.1 Å². The van der Waals surface area contributed by atoms with E-state index in [-0.39, 0.29) is 39.1 Å². The molecule has 4 rings (SSSR count). The molecule has 0 saturated heterocycles. The molecule has 0 unspecified atom stereocenters. The van der Waals surface area contributed by atoms with Crippen molar-refractivity contribution in [3.8, 4) is 0 Å². The predicted molar refractivity (Wildman–Crippen MR) is 164 cm³/mol. The van der Waals surface area contributed by atoms with E-state index in [0.717, 1.165) is 46.7 Å². The van der Waals surface area contributed by atoms with Gasteiger partial charge in [0.2, 0.25) is 11.8 Å². The Morgan fingerprint density at radius 3 is 2.00 bits per heavy atom. The molecule has 0 aliphatic heterocycles. The van der Waals surface area contributed by atoms with E-state index in [0.29, 0.717) is 0 Å². The van der Waals surface area contributed by atoms with Crippen molar-refractivity contribution >= 4 is 50.7 Å². The fraction of sp³-hybridized carbons (Fsp3) is 0.355. The second-order valence-corrected chi connectivity index (χ2v) is 13.4. The lowest BCUT2D eigenvalue weighted by Crippen LogP contribution is -2.52. The van der Waals surface area contributed by atoms with Gasteiger partial charge in [0.05, 0.1) is 10.6 Å². The highest BCUT2D eigenvalue weighted by atomic mass is 35.5. The third kappa shape index (κ3) is 7.82. The first-order valence-corrected chi connectivity index (χ1v) is 15.8. The number of rotatable bonds is 10. The van der Waals surface area contributed by atoms with Gasteiger partial charge in [-0.3, -0.25) is 13.9 Å². The maximum absolute atomic E-state index is 14.1. The van der Waals surface area contributed by atoms with Crippen molar-refractivity contribution in [2.24, 2.45) is 0 Å². The summed E-state index contributed by atoms with van der Waals surface area (Å²) < 4.78 is 28.9. The van der Waals surface area contributed by atoms with Crippen molar-refractivity contribution in [3.05, 3.63) is 93.5 Å². The molecule has 0 heterocycles. The number of halogens is 2. The van der Waals surface area contributed by atoms with Crippen molar-refractivity contribution in [1.29, 1.82) is 0 Å². The molecule has 3 aromatic rings. The van der Waals surface area contributed by atoms with E-state index in [2.05, 4.69) is 5.32 Å². The number of amides is 2. The van der Waals surface area contributed by atoms with Crippen LogP contribution in [0.5, 0.6) is 0 Å². The average molecular weight is 617 g/mol. The number of benzene rings is 3. The number of hydrogen-bond donors (Lipinski definition) is 1. The van der Waals surface area contributed by atoms with Gasteiger partial charge in [-0.05, 0) is 69.5 Å². The lowest BCUT2D eigenvalue weighted by molar-refractivity contribution is -0.139. The fourth-order valence-corrected chi connectivity index (χ4v) is 6.83. The van der Waals surface area contributed by atoms with Gasteiger partial charge in [0, 0.05) is 22.6 Å². The van der Waals surface area contributed by atoms with Crippen LogP contribution in [0.1, 0.15) is 49.3 Å². The summed E-state index contributed by atoms with van der Waals surface area (Å²) in [7, 11) is -4.21. The first-order valence-electron chi connectivity index (χ1n) is 13.6. The van der Waals surface area contributed by atoms with Crippen LogP contribution in [-0.2, 0) is 26.2 Å². The Kier molecular flexibility index (Phi) is 10.00. The number of aryl methyl sites for hydroxylation is 2. The van der Waals surface area contributed by atoms with E-state index < -0.39 is 28.5 Å².